The molecule has 1 aromatic heterocycles. The van der Waals surface area contributed by atoms with E-state index >= 15 is 0 Å². The third-order valence-electron chi connectivity index (χ3n) is 4.40. The maximum Gasteiger partial charge on any atom is 0.332 e. The van der Waals surface area contributed by atoms with E-state index in [1.807, 2.05) is 13.0 Å². The minimum atomic E-state index is -1.39. The molecule has 0 spiro atoms. The molecule has 0 saturated heterocycles. The molecule has 2 rings (SSSR count). The van der Waals surface area contributed by atoms with Gasteiger partial charge in [0.15, 0.2) is 0 Å². The molecule has 1 heterocycles. The van der Waals surface area contributed by atoms with Crippen LogP contribution in [0.25, 0.3) is 10.9 Å². The molecule has 0 atom stereocenters. The number of fused-ring (bicyclic) bond motifs is 1. The Balaban J connectivity index is 2.80. The fourth-order valence-electron chi connectivity index (χ4n) is 2.96. The van der Waals surface area contributed by atoms with E-state index in [0.29, 0.717) is 17.4 Å². The van der Waals surface area contributed by atoms with Gasteiger partial charge in [-0.2, -0.15) is 0 Å². The molecule has 0 aliphatic carbocycles. The number of esters is 1. The van der Waals surface area contributed by atoms with Crippen LogP contribution in [0.1, 0.15) is 39.2 Å². The van der Waals surface area contributed by atoms with Crippen LogP contribution in [0.5, 0.6) is 0 Å². The third-order valence-corrected chi connectivity index (χ3v) is 4.96. The van der Waals surface area contributed by atoms with Gasteiger partial charge in [0.05, 0.1) is 17.5 Å². The molecule has 0 radical (unpaired) electrons. The molecule has 0 aliphatic heterocycles. The maximum atomic E-state index is 13.1. The molecule has 6 nitrogen and oxygen atoms in total. The van der Waals surface area contributed by atoms with Crippen molar-refractivity contribution in [3.8, 4) is 0 Å². The lowest BCUT2D eigenvalue weighted by Gasteiger charge is -2.26. The van der Waals surface area contributed by atoms with Gasteiger partial charge in [-0.05, 0) is 52.7 Å². The number of aryl methyl sites for hydroxylation is 2. The summed E-state index contributed by atoms with van der Waals surface area (Å²) in [5.41, 5.74) is -0.835. The summed E-state index contributed by atoms with van der Waals surface area (Å²) in [6.07, 6.45) is 1.69. The van der Waals surface area contributed by atoms with E-state index in [-0.39, 0.29) is 6.61 Å². The van der Waals surface area contributed by atoms with E-state index in [1.165, 1.54) is 13.8 Å². The molecule has 26 heavy (non-hydrogen) atoms. The van der Waals surface area contributed by atoms with E-state index in [0.717, 1.165) is 28.3 Å². The number of alkyl halides is 1. The van der Waals surface area contributed by atoms with Gasteiger partial charge in [-0.15, -0.1) is 0 Å². The fourth-order valence-corrected chi connectivity index (χ4v) is 3.36. The highest BCUT2D eigenvalue weighted by molar-refractivity contribution is 9.09. The molecule has 142 valence electrons. The normalized spacial score (nSPS) is 11.7. The van der Waals surface area contributed by atoms with Crippen molar-refractivity contribution >= 4 is 32.8 Å². The van der Waals surface area contributed by atoms with Crippen molar-refractivity contribution in [1.29, 1.82) is 0 Å². The standard InChI is InChI=1S/C19H25BrN2O4/c1-5-26-17(24)19(3,4)22-16(23)14-12-13(2)8-9-15(14)21(18(22)25)11-7-6-10-20/h8-9,12H,5-7,10-11H2,1-4H3. The van der Waals surface area contributed by atoms with Crippen molar-refractivity contribution in [2.75, 3.05) is 11.9 Å². The SMILES string of the molecule is CCOC(=O)C(C)(C)n1c(=O)c2cc(C)ccc2n(CCCCBr)c1=O. The molecule has 2 aromatic rings. The molecule has 1 aromatic carbocycles. The molecule has 0 N–H and O–H groups in total. The number of aromatic nitrogens is 2. The van der Waals surface area contributed by atoms with Crippen LogP contribution in [-0.2, 0) is 21.6 Å². The van der Waals surface area contributed by atoms with Crippen molar-refractivity contribution in [3.63, 3.8) is 0 Å². The zero-order chi connectivity index (χ0) is 19.5. The summed E-state index contributed by atoms with van der Waals surface area (Å²) >= 11 is 3.39. The van der Waals surface area contributed by atoms with Crippen molar-refractivity contribution in [3.05, 3.63) is 44.6 Å². The predicted octanol–water partition coefficient (Wildman–Crippen LogP) is 2.94. The quantitative estimate of drug-likeness (QED) is 0.389. The molecule has 0 bridgehead atoms. The van der Waals surface area contributed by atoms with Crippen LogP contribution in [0.2, 0.25) is 0 Å². The van der Waals surface area contributed by atoms with Crippen LogP contribution in [-0.4, -0.2) is 27.0 Å². The van der Waals surface area contributed by atoms with Gasteiger partial charge in [0.2, 0.25) is 0 Å². The van der Waals surface area contributed by atoms with Crippen LogP contribution >= 0.6 is 15.9 Å². The topological polar surface area (TPSA) is 70.3 Å². The van der Waals surface area contributed by atoms with Gasteiger partial charge in [-0.1, -0.05) is 27.6 Å². The summed E-state index contributed by atoms with van der Waals surface area (Å²) < 4.78 is 7.70. The summed E-state index contributed by atoms with van der Waals surface area (Å²) in [7, 11) is 0. The number of rotatable bonds is 7. The summed E-state index contributed by atoms with van der Waals surface area (Å²) in [5.74, 6) is -0.599. The van der Waals surface area contributed by atoms with E-state index in [4.69, 9.17) is 4.74 Å². The van der Waals surface area contributed by atoms with E-state index in [2.05, 4.69) is 15.9 Å². The zero-order valence-electron chi connectivity index (χ0n) is 15.7. The lowest BCUT2D eigenvalue weighted by atomic mass is 10.0. The van der Waals surface area contributed by atoms with Gasteiger partial charge in [0.25, 0.3) is 5.56 Å². The largest absolute Gasteiger partial charge is 0.464 e. The summed E-state index contributed by atoms with van der Waals surface area (Å²) in [4.78, 5) is 38.6. The molecule has 0 fully saturated rings. The highest BCUT2D eigenvalue weighted by Gasteiger charge is 2.35. The molecule has 0 unspecified atom stereocenters. The Labute approximate surface area is 160 Å². The maximum absolute atomic E-state index is 13.1. The Hall–Kier alpha value is -1.89. The van der Waals surface area contributed by atoms with Crippen molar-refractivity contribution < 1.29 is 9.53 Å². The van der Waals surface area contributed by atoms with Crippen LogP contribution in [0.15, 0.2) is 27.8 Å². The molecule has 7 heteroatoms. The van der Waals surface area contributed by atoms with Crippen LogP contribution in [0.3, 0.4) is 0 Å². The second-order valence-electron chi connectivity index (χ2n) is 6.77. The van der Waals surface area contributed by atoms with Gasteiger partial charge >= 0.3 is 11.7 Å². The number of halogens is 1. The summed E-state index contributed by atoms with van der Waals surface area (Å²) in [5, 5.41) is 1.27. The number of nitrogens with zero attached hydrogens (tertiary/aromatic N) is 2. The van der Waals surface area contributed by atoms with Crippen molar-refractivity contribution in [1.82, 2.24) is 9.13 Å². The smallest absolute Gasteiger partial charge is 0.332 e. The van der Waals surface area contributed by atoms with E-state index < -0.39 is 22.8 Å². The van der Waals surface area contributed by atoms with Gasteiger partial charge < -0.3 is 4.74 Å². The molecule has 0 saturated carbocycles. The lowest BCUT2D eigenvalue weighted by molar-refractivity contribution is -0.152. The minimum absolute atomic E-state index is 0.184. The van der Waals surface area contributed by atoms with Gasteiger partial charge in [-0.25, -0.2) is 14.2 Å². The molecular weight excluding hydrogens is 400 g/mol. The Bertz CT molecular complexity index is 928. The predicted molar refractivity (Wildman–Crippen MR) is 106 cm³/mol. The Morgan fingerprint density at radius 1 is 1.23 bits per heavy atom. The number of hydrogen-bond donors (Lipinski definition) is 0. The first-order valence-electron chi connectivity index (χ1n) is 8.75. The second-order valence-corrected chi connectivity index (χ2v) is 7.56. The van der Waals surface area contributed by atoms with Crippen LogP contribution in [0.4, 0.5) is 0 Å². The van der Waals surface area contributed by atoms with Crippen LogP contribution in [0, 0.1) is 6.92 Å². The first-order valence-corrected chi connectivity index (χ1v) is 9.87. The third kappa shape index (κ3) is 3.77. The fraction of sp³-hybridized carbons (Fsp3) is 0.526. The highest BCUT2D eigenvalue weighted by Crippen LogP contribution is 2.17. The summed E-state index contributed by atoms with van der Waals surface area (Å²) in [6, 6.07) is 5.43. The van der Waals surface area contributed by atoms with Gasteiger partial charge in [0.1, 0.15) is 5.54 Å². The average Bonchev–Trinajstić information content (AvgIpc) is 2.58. The summed E-state index contributed by atoms with van der Waals surface area (Å²) in [6.45, 7) is 7.32. The Kier molecular flexibility index (Phi) is 6.44. The Morgan fingerprint density at radius 2 is 1.92 bits per heavy atom. The number of hydrogen-bond acceptors (Lipinski definition) is 4. The molecular formula is C19H25BrN2O4. The first kappa shape index (κ1) is 20.4. The number of carbonyl (C=O) groups is 1. The number of unbranched alkanes of at least 4 members (excludes halogenated alkanes) is 1. The minimum Gasteiger partial charge on any atom is -0.464 e. The monoisotopic (exact) mass is 424 g/mol. The Morgan fingerprint density at radius 3 is 2.54 bits per heavy atom. The second kappa shape index (κ2) is 8.20. The molecule has 0 aliphatic rings. The van der Waals surface area contributed by atoms with E-state index in [9.17, 15) is 14.4 Å². The molecule has 0 amide bonds. The first-order chi connectivity index (χ1) is 12.3. The van der Waals surface area contributed by atoms with Crippen molar-refractivity contribution in [2.45, 2.75) is 52.6 Å². The number of benzene rings is 1. The van der Waals surface area contributed by atoms with E-state index in [1.54, 1.807) is 23.6 Å². The number of ether oxygens (including phenoxy) is 1. The highest BCUT2D eigenvalue weighted by atomic mass is 79.9. The van der Waals surface area contributed by atoms with Crippen molar-refractivity contribution in [2.24, 2.45) is 0 Å². The average molecular weight is 425 g/mol. The lowest BCUT2D eigenvalue weighted by Crippen LogP contribution is -2.53. The van der Waals surface area contributed by atoms with Gasteiger partial charge in [-0.3, -0.25) is 9.36 Å². The van der Waals surface area contributed by atoms with Gasteiger partial charge in [0, 0.05) is 11.9 Å². The zero-order valence-corrected chi connectivity index (χ0v) is 17.3. The van der Waals surface area contributed by atoms with Crippen LogP contribution < -0.4 is 11.2 Å². The number of carbonyl (C=O) groups excluding carboxylic acids is 1.